The Balaban J connectivity index is 2.26. The molecule has 0 aromatic carbocycles. The summed E-state index contributed by atoms with van der Waals surface area (Å²) in [6.45, 7) is 3.82. The van der Waals surface area contributed by atoms with E-state index in [0.717, 1.165) is 5.69 Å². The second kappa shape index (κ2) is 5.62. The van der Waals surface area contributed by atoms with E-state index in [9.17, 15) is 8.42 Å². The molecular formula is C12H21N3O3S. The summed E-state index contributed by atoms with van der Waals surface area (Å²) < 4.78 is 33.8. The van der Waals surface area contributed by atoms with Crippen LogP contribution in [0.5, 0.6) is 0 Å². The fraction of sp³-hybridized carbons (Fsp3) is 0.667. The van der Waals surface area contributed by atoms with Crippen molar-refractivity contribution < 1.29 is 13.2 Å². The highest BCUT2D eigenvalue weighted by molar-refractivity contribution is 7.89. The molecule has 2 rings (SSSR count). The third kappa shape index (κ3) is 3.00. The van der Waals surface area contributed by atoms with Crippen molar-refractivity contribution in [2.24, 2.45) is 7.05 Å². The van der Waals surface area contributed by atoms with Gasteiger partial charge in [0.05, 0.1) is 12.7 Å². The number of ether oxygens (including phenoxy) is 1. The quantitative estimate of drug-likeness (QED) is 0.856. The minimum absolute atomic E-state index is 0.0518. The van der Waals surface area contributed by atoms with Gasteiger partial charge in [-0.3, -0.25) is 0 Å². The van der Waals surface area contributed by atoms with Crippen LogP contribution < -0.4 is 5.32 Å². The number of hydrogen-bond donors (Lipinski definition) is 1. The molecule has 1 unspecified atom stereocenters. The molecular weight excluding hydrogens is 266 g/mol. The van der Waals surface area contributed by atoms with Crippen LogP contribution in [0, 0.1) is 0 Å². The first-order chi connectivity index (χ1) is 8.95. The summed E-state index contributed by atoms with van der Waals surface area (Å²) in [5.74, 6) is 0. The molecule has 1 fully saturated rings. The molecule has 2 heterocycles. The zero-order valence-electron chi connectivity index (χ0n) is 11.6. The van der Waals surface area contributed by atoms with Crippen LogP contribution in [0.2, 0.25) is 0 Å². The Morgan fingerprint density at radius 2 is 2.26 bits per heavy atom. The van der Waals surface area contributed by atoms with E-state index in [1.165, 1.54) is 4.31 Å². The van der Waals surface area contributed by atoms with Crippen LogP contribution in [-0.4, -0.2) is 50.1 Å². The number of aromatic nitrogens is 1. The minimum atomic E-state index is -3.41. The van der Waals surface area contributed by atoms with Crippen LogP contribution in [0.1, 0.15) is 12.6 Å². The molecule has 0 amide bonds. The van der Waals surface area contributed by atoms with E-state index in [0.29, 0.717) is 31.1 Å². The largest absolute Gasteiger partial charge is 0.376 e. The normalized spacial score (nSPS) is 21.7. The molecule has 6 nitrogen and oxygen atoms in total. The lowest BCUT2D eigenvalue weighted by atomic mass is 10.3. The number of morpholine rings is 1. The second-order valence-electron chi connectivity index (χ2n) is 4.85. The maximum Gasteiger partial charge on any atom is 0.244 e. The Morgan fingerprint density at radius 3 is 2.89 bits per heavy atom. The molecule has 1 aromatic rings. The number of rotatable bonds is 4. The van der Waals surface area contributed by atoms with E-state index < -0.39 is 10.0 Å². The lowest BCUT2D eigenvalue weighted by molar-refractivity contribution is 0.0102. The molecule has 0 radical (unpaired) electrons. The molecule has 108 valence electrons. The van der Waals surface area contributed by atoms with Gasteiger partial charge in [-0.25, -0.2) is 8.42 Å². The minimum Gasteiger partial charge on any atom is -0.376 e. The van der Waals surface area contributed by atoms with E-state index in [4.69, 9.17) is 4.74 Å². The highest BCUT2D eigenvalue weighted by Crippen LogP contribution is 2.20. The van der Waals surface area contributed by atoms with Gasteiger partial charge in [-0.1, -0.05) is 0 Å². The Morgan fingerprint density at radius 1 is 1.53 bits per heavy atom. The van der Waals surface area contributed by atoms with E-state index >= 15 is 0 Å². The Hall–Kier alpha value is -0.890. The summed E-state index contributed by atoms with van der Waals surface area (Å²) in [4.78, 5) is 0.356. The number of nitrogens with zero attached hydrogens (tertiary/aromatic N) is 2. The van der Waals surface area contributed by atoms with Crippen molar-refractivity contribution in [2.45, 2.75) is 24.5 Å². The maximum absolute atomic E-state index is 12.5. The van der Waals surface area contributed by atoms with Crippen molar-refractivity contribution in [3.05, 3.63) is 18.0 Å². The van der Waals surface area contributed by atoms with Gasteiger partial charge in [-0.05, 0) is 20.0 Å². The average molecular weight is 287 g/mol. The third-order valence-corrected chi connectivity index (χ3v) is 5.11. The Kier molecular flexibility index (Phi) is 4.29. The molecule has 1 saturated heterocycles. The topological polar surface area (TPSA) is 63.6 Å². The van der Waals surface area contributed by atoms with Crippen LogP contribution >= 0.6 is 0 Å². The predicted molar refractivity (Wildman–Crippen MR) is 72.3 cm³/mol. The maximum atomic E-state index is 12.5. The SMILES string of the molecule is CNCc1cc(S(=O)(=O)N2CCOC(C)C2)cn1C. The number of sulfonamides is 1. The highest BCUT2D eigenvalue weighted by atomic mass is 32.2. The average Bonchev–Trinajstić information content (AvgIpc) is 2.72. The monoisotopic (exact) mass is 287 g/mol. The molecule has 7 heteroatoms. The molecule has 1 atom stereocenters. The Bertz CT molecular complexity index is 538. The lowest BCUT2D eigenvalue weighted by Crippen LogP contribution is -2.44. The van der Waals surface area contributed by atoms with Crippen LogP contribution in [0.25, 0.3) is 0 Å². The van der Waals surface area contributed by atoms with Crippen molar-refractivity contribution in [2.75, 3.05) is 26.7 Å². The molecule has 1 aromatic heterocycles. The van der Waals surface area contributed by atoms with Crippen LogP contribution in [0.3, 0.4) is 0 Å². The van der Waals surface area contributed by atoms with E-state index in [1.807, 2.05) is 25.6 Å². The zero-order valence-corrected chi connectivity index (χ0v) is 12.4. The fourth-order valence-electron chi connectivity index (χ4n) is 2.23. The summed E-state index contributed by atoms with van der Waals surface area (Å²) in [6, 6.07) is 1.73. The van der Waals surface area contributed by atoms with Gasteiger partial charge in [0.15, 0.2) is 0 Å². The molecule has 0 bridgehead atoms. The van der Waals surface area contributed by atoms with Gasteiger partial charge in [0.2, 0.25) is 10.0 Å². The first-order valence-electron chi connectivity index (χ1n) is 6.36. The molecule has 0 aliphatic carbocycles. The van der Waals surface area contributed by atoms with Gasteiger partial charge < -0.3 is 14.6 Å². The smallest absolute Gasteiger partial charge is 0.244 e. The Labute approximate surface area is 114 Å². The lowest BCUT2D eigenvalue weighted by Gasteiger charge is -2.29. The molecule has 1 aliphatic rings. The van der Waals surface area contributed by atoms with Crippen molar-refractivity contribution in [3.8, 4) is 0 Å². The van der Waals surface area contributed by atoms with Gasteiger partial charge in [0.1, 0.15) is 4.90 Å². The van der Waals surface area contributed by atoms with Gasteiger partial charge in [-0.15, -0.1) is 0 Å². The zero-order chi connectivity index (χ0) is 14.0. The van der Waals surface area contributed by atoms with E-state index in [-0.39, 0.29) is 6.10 Å². The van der Waals surface area contributed by atoms with Gasteiger partial charge >= 0.3 is 0 Å². The van der Waals surface area contributed by atoms with Crippen molar-refractivity contribution in [3.63, 3.8) is 0 Å². The molecule has 19 heavy (non-hydrogen) atoms. The molecule has 1 N–H and O–H groups in total. The fourth-order valence-corrected chi connectivity index (χ4v) is 3.82. The number of aryl methyl sites for hydroxylation is 1. The third-order valence-electron chi connectivity index (χ3n) is 3.28. The molecule has 0 spiro atoms. The molecule has 1 aliphatic heterocycles. The standard InChI is InChI=1S/C12H21N3O3S/c1-10-8-15(4-5-18-10)19(16,17)12-6-11(7-13-2)14(3)9-12/h6,9-10,13H,4-5,7-8H2,1-3H3. The summed E-state index contributed by atoms with van der Waals surface area (Å²) in [7, 11) is 0.283. The molecule has 0 saturated carbocycles. The summed E-state index contributed by atoms with van der Waals surface area (Å²) in [6.07, 6.45) is 1.62. The summed E-state index contributed by atoms with van der Waals surface area (Å²) in [5.41, 5.74) is 0.947. The van der Waals surface area contributed by atoms with Crippen LogP contribution in [0.4, 0.5) is 0 Å². The van der Waals surface area contributed by atoms with E-state index in [1.54, 1.807) is 12.3 Å². The predicted octanol–water partition coefficient (Wildman–Crippen LogP) is 0.154. The first kappa shape index (κ1) is 14.5. The summed E-state index contributed by atoms with van der Waals surface area (Å²) in [5, 5.41) is 3.03. The highest BCUT2D eigenvalue weighted by Gasteiger charge is 2.30. The van der Waals surface area contributed by atoms with Crippen molar-refractivity contribution >= 4 is 10.0 Å². The van der Waals surface area contributed by atoms with Crippen molar-refractivity contribution in [1.29, 1.82) is 0 Å². The van der Waals surface area contributed by atoms with Gasteiger partial charge in [-0.2, -0.15) is 4.31 Å². The number of hydrogen-bond acceptors (Lipinski definition) is 4. The van der Waals surface area contributed by atoms with Gasteiger partial charge in [0.25, 0.3) is 0 Å². The summed E-state index contributed by atoms with van der Waals surface area (Å²) >= 11 is 0. The first-order valence-corrected chi connectivity index (χ1v) is 7.80. The van der Waals surface area contributed by atoms with E-state index in [2.05, 4.69) is 5.32 Å². The van der Waals surface area contributed by atoms with Crippen LogP contribution in [-0.2, 0) is 28.4 Å². The van der Waals surface area contributed by atoms with Crippen molar-refractivity contribution in [1.82, 2.24) is 14.2 Å². The second-order valence-corrected chi connectivity index (χ2v) is 6.79. The number of nitrogens with one attached hydrogen (secondary N) is 1. The van der Waals surface area contributed by atoms with Gasteiger partial charge in [0, 0.05) is 38.6 Å². The van der Waals surface area contributed by atoms with Crippen LogP contribution in [0.15, 0.2) is 17.2 Å².